The Labute approximate surface area is 149 Å². The molecule has 0 saturated heterocycles. The molecule has 0 saturated carbocycles. The van der Waals surface area contributed by atoms with Gasteiger partial charge in [0.2, 0.25) is 0 Å². The zero-order chi connectivity index (χ0) is 19.4. The average Bonchev–Trinajstić information content (AvgIpc) is 2.35. The van der Waals surface area contributed by atoms with Crippen LogP contribution >= 0.6 is 0 Å². The third-order valence-electron chi connectivity index (χ3n) is 2.82. The second-order valence-electron chi connectivity index (χ2n) is 7.84. The molecule has 0 spiro atoms. The minimum absolute atomic E-state index is 0.356. The molecular formula is C18H29N3O4. The van der Waals surface area contributed by atoms with E-state index in [2.05, 4.69) is 10.6 Å². The largest absolute Gasteiger partial charge is 0.444 e. The Morgan fingerprint density at radius 2 is 1.44 bits per heavy atom. The van der Waals surface area contributed by atoms with E-state index < -0.39 is 23.4 Å². The fraction of sp³-hybridized carbons (Fsp3) is 0.556. The van der Waals surface area contributed by atoms with E-state index in [0.717, 1.165) is 0 Å². The quantitative estimate of drug-likeness (QED) is 0.749. The highest BCUT2D eigenvalue weighted by Crippen LogP contribution is 2.26. The van der Waals surface area contributed by atoms with E-state index >= 15 is 0 Å². The molecule has 0 aliphatic rings. The van der Waals surface area contributed by atoms with Crippen LogP contribution in [0.15, 0.2) is 18.2 Å². The highest BCUT2D eigenvalue weighted by molar-refractivity contribution is 5.89. The Bertz CT molecular complexity index is 628. The van der Waals surface area contributed by atoms with Crippen LogP contribution in [0, 0.1) is 0 Å². The van der Waals surface area contributed by atoms with Crippen molar-refractivity contribution in [2.45, 2.75) is 65.7 Å². The molecule has 4 N–H and O–H groups in total. The highest BCUT2D eigenvalue weighted by atomic mass is 16.6. The normalized spacial score (nSPS) is 13.0. The summed E-state index contributed by atoms with van der Waals surface area (Å²) in [4.78, 5) is 23.8. The fourth-order valence-corrected chi connectivity index (χ4v) is 1.97. The first-order valence-corrected chi connectivity index (χ1v) is 8.16. The third kappa shape index (κ3) is 7.89. The van der Waals surface area contributed by atoms with Crippen molar-refractivity contribution in [3.63, 3.8) is 0 Å². The standard InChI is InChI=1S/C18H29N3O4/c1-11(19)13-10-12(20-15(22)24-17(2,3)4)8-9-14(13)21-16(23)25-18(5,6)7/h8-11H,19H2,1-7H3,(H,20,22)(H,21,23). The van der Waals surface area contributed by atoms with Crippen LogP contribution < -0.4 is 16.4 Å². The van der Waals surface area contributed by atoms with E-state index in [9.17, 15) is 9.59 Å². The Kier molecular flexibility index (Phi) is 6.42. The molecule has 0 radical (unpaired) electrons. The zero-order valence-electron chi connectivity index (χ0n) is 16.0. The van der Waals surface area contributed by atoms with E-state index in [-0.39, 0.29) is 6.04 Å². The maximum Gasteiger partial charge on any atom is 0.412 e. The summed E-state index contributed by atoms with van der Waals surface area (Å²) in [5.74, 6) is 0. The summed E-state index contributed by atoms with van der Waals surface area (Å²) in [7, 11) is 0. The Morgan fingerprint density at radius 1 is 0.960 bits per heavy atom. The predicted octanol–water partition coefficient (Wildman–Crippen LogP) is 4.40. The summed E-state index contributed by atoms with van der Waals surface area (Å²) in [5.41, 5.74) is 6.51. The summed E-state index contributed by atoms with van der Waals surface area (Å²) < 4.78 is 10.5. The highest BCUT2D eigenvalue weighted by Gasteiger charge is 2.19. The zero-order valence-corrected chi connectivity index (χ0v) is 16.0. The smallest absolute Gasteiger partial charge is 0.412 e. The number of benzene rings is 1. The Morgan fingerprint density at radius 3 is 1.88 bits per heavy atom. The summed E-state index contributed by atoms with van der Waals surface area (Å²) in [6, 6.07) is 4.66. The lowest BCUT2D eigenvalue weighted by Gasteiger charge is -2.22. The molecule has 25 heavy (non-hydrogen) atoms. The topological polar surface area (TPSA) is 103 Å². The van der Waals surface area contributed by atoms with Gasteiger partial charge in [-0.2, -0.15) is 0 Å². The van der Waals surface area contributed by atoms with Crippen LogP contribution in [-0.4, -0.2) is 23.4 Å². The van der Waals surface area contributed by atoms with Crippen molar-refractivity contribution in [2.75, 3.05) is 10.6 Å². The van der Waals surface area contributed by atoms with Gasteiger partial charge in [-0.15, -0.1) is 0 Å². The molecule has 0 fully saturated rings. The first-order chi connectivity index (χ1) is 11.3. The molecule has 0 heterocycles. The van der Waals surface area contributed by atoms with Gasteiger partial charge >= 0.3 is 12.2 Å². The fourth-order valence-electron chi connectivity index (χ4n) is 1.97. The molecule has 140 valence electrons. The van der Waals surface area contributed by atoms with Crippen molar-refractivity contribution in [3.05, 3.63) is 23.8 Å². The van der Waals surface area contributed by atoms with Gasteiger partial charge in [0.15, 0.2) is 0 Å². The number of ether oxygens (including phenoxy) is 2. The molecule has 1 rings (SSSR count). The van der Waals surface area contributed by atoms with Crippen molar-refractivity contribution in [1.82, 2.24) is 0 Å². The second-order valence-corrected chi connectivity index (χ2v) is 7.84. The van der Waals surface area contributed by atoms with Gasteiger partial charge in [0.25, 0.3) is 0 Å². The molecule has 0 aliphatic heterocycles. The number of amides is 2. The number of nitrogens with one attached hydrogen (secondary N) is 2. The van der Waals surface area contributed by atoms with Gasteiger partial charge in [-0.3, -0.25) is 10.6 Å². The van der Waals surface area contributed by atoms with Gasteiger partial charge < -0.3 is 15.2 Å². The van der Waals surface area contributed by atoms with Gasteiger partial charge in [-0.05, 0) is 72.2 Å². The monoisotopic (exact) mass is 351 g/mol. The molecule has 1 aromatic carbocycles. The molecule has 0 aliphatic carbocycles. The molecule has 0 aromatic heterocycles. The van der Waals surface area contributed by atoms with Crippen LogP contribution in [0.5, 0.6) is 0 Å². The Balaban J connectivity index is 2.93. The molecule has 1 atom stereocenters. The first kappa shape index (κ1) is 20.8. The maximum absolute atomic E-state index is 12.0. The second kappa shape index (κ2) is 7.74. The van der Waals surface area contributed by atoms with Gasteiger partial charge in [0.1, 0.15) is 11.2 Å². The van der Waals surface area contributed by atoms with Crippen LogP contribution in [-0.2, 0) is 9.47 Å². The summed E-state index contributed by atoms with van der Waals surface area (Å²) in [6.07, 6.45) is -1.13. The van der Waals surface area contributed by atoms with Crippen molar-refractivity contribution < 1.29 is 19.1 Å². The lowest BCUT2D eigenvalue weighted by Crippen LogP contribution is -2.28. The van der Waals surface area contributed by atoms with Crippen molar-refractivity contribution in [3.8, 4) is 0 Å². The third-order valence-corrected chi connectivity index (χ3v) is 2.82. The number of anilines is 2. The number of carbonyl (C=O) groups excluding carboxylic acids is 2. The van der Waals surface area contributed by atoms with Gasteiger partial charge in [0.05, 0.1) is 0 Å². The van der Waals surface area contributed by atoms with Crippen LogP contribution in [0.25, 0.3) is 0 Å². The van der Waals surface area contributed by atoms with Crippen LogP contribution in [0.2, 0.25) is 0 Å². The summed E-state index contributed by atoms with van der Waals surface area (Å²) >= 11 is 0. The minimum atomic E-state index is -0.600. The van der Waals surface area contributed by atoms with Gasteiger partial charge in [0, 0.05) is 17.4 Å². The van der Waals surface area contributed by atoms with Crippen LogP contribution in [0.4, 0.5) is 21.0 Å². The number of nitrogens with two attached hydrogens (primary N) is 1. The van der Waals surface area contributed by atoms with Crippen LogP contribution in [0.3, 0.4) is 0 Å². The van der Waals surface area contributed by atoms with Crippen molar-refractivity contribution in [2.24, 2.45) is 5.73 Å². The molecule has 0 bridgehead atoms. The number of hydrogen-bond donors (Lipinski definition) is 3. The van der Waals surface area contributed by atoms with E-state index in [1.165, 1.54) is 0 Å². The lowest BCUT2D eigenvalue weighted by atomic mass is 10.1. The van der Waals surface area contributed by atoms with Crippen molar-refractivity contribution in [1.29, 1.82) is 0 Å². The first-order valence-electron chi connectivity index (χ1n) is 8.16. The molecule has 2 amide bonds. The lowest BCUT2D eigenvalue weighted by molar-refractivity contribution is 0.0624. The van der Waals surface area contributed by atoms with E-state index in [1.54, 1.807) is 66.7 Å². The molecule has 1 aromatic rings. The average molecular weight is 351 g/mol. The maximum atomic E-state index is 12.0. The Hall–Kier alpha value is -2.28. The molecular weight excluding hydrogens is 322 g/mol. The SMILES string of the molecule is CC(N)c1cc(NC(=O)OC(C)(C)C)ccc1NC(=O)OC(C)(C)C. The van der Waals surface area contributed by atoms with Gasteiger partial charge in [-0.25, -0.2) is 9.59 Å². The van der Waals surface area contributed by atoms with E-state index in [1.807, 2.05) is 0 Å². The number of carbonyl (C=O) groups is 2. The molecule has 7 nitrogen and oxygen atoms in total. The summed E-state index contributed by atoms with van der Waals surface area (Å²) in [6.45, 7) is 12.5. The van der Waals surface area contributed by atoms with Gasteiger partial charge in [-0.1, -0.05) is 0 Å². The summed E-state index contributed by atoms with van der Waals surface area (Å²) in [5, 5.41) is 5.33. The van der Waals surface area contributed by atoms with Crippen molar-refractivity contribution >= 4 is 23.6 Å². The number of rotatable bonds is 3. The van der Waals surface area contributed by atoms with Crippen LogP contribution in [0.1, 0.15) is 60.1 Å². The number of hydrogen-bond acceptors (Lipinski definition) is 5. The predicted molar refractivity (Wildman–Crippen MR) is 98.8 cm³/mol. The van der Waals surface area contributed by atoms with E-state index in [0.29, 0.717) is 16.9 Å². The molecule has 1 unspecified atom stereocenters. The minimum Gasteiger partial charge on any atom is -0.444 e. The van der Waals surface area contributed by atoms with E-state index in [4.69, 9.17) is 15.2 Å². The molecule has 7 heteroatoms.